The minimum atomic E-state index is -0.231. The van der Waals surface area contributed by atoms with Gasteiger partial charge in [0.05, 0.1) is 4.99 Å². The van der Waals surface area contributed by atoms with E-state index in [1.807, 2.05) is 20.0 Å². The Hall–Kier alpha value is -0.520. The van der Waals surface area contributed by atoms with Crippen LogP contribution in [-0.4, -0.2) is 23.5 Å². The molecule has 0 radical (unpaired) electrons. The summed E-state index contributed by atoms with van der Waals surface area (Å²) >= 11 is 8.20. The Morgan fingerprint density at radius 2 is 2.18 bits per heavy atom. The molecule has 1 unspecified atom stereocenters. The number of nitrogens with zero attached hydrogens (tertiary/aromatic N) is 1. The summed E-state index contributed by atoms with van der Waals surface area (Å²) in [5, 5.41) is 0. The highest BCUT2D eigenvalue weighted by molar-refractivity contribution is 9.10. The van der Waals surface area contributed by atoms with E-state index in [0.29, 0.717) is 11.5 Å². The zero-order valence-corrected chi connectivity index (χ0v) is 12.3. The highest BCUT2D eigenvalue weighted by Gasteiger charge is 2.10. The zero-order chi connectivity index (χ0) is 13.0. The summed E-state index contributed by atoms with van der Waals surface area (Å²) in [6, 6.07) is 4.89. The summed E-state index contributed by atoms with van der Waals surface area (Å²) in [4.78, 5) is 2.59. The fourth-order valence-corrected chi connectivity index (χ4v) is 2.22. The first-order valence-corrected chi connectivity index (χ1v) is 6.51. The first-order valence-electron chi connectivity index (χ1n) is 5.31. The van der Waals surface area contributed by atoms with Crippen molar-refractivity contribution in [2.75, 3.05) is 13.6 Å². The molecular weight excluding hydrogens is 303 g/mol. The van der Waals surface area contributed by atoms with Gasteiger partial charge in [0.15, 0.2) is 0 Å². The standard InChI is InChI=1S/C12H16BrFN2S/c1-8(12(15)17)6-16(2)7-9-3-10(13)5-11(14)4-9/h3-5,8H,6-7H2,1-2H3,(H2,15,17). The number of nitrogens with two attached hydrogens (primary N) is 1. The third-order valence-corrected chi connectivity index (χ3v) is 3.31. The molecule has 94 valence electrons. The van der Waals surface area contributed by atoms with Crippen molar-refractivity contribution in [3.8, 4) is 0 Å². The van der Waals surface area contributed by atoms with Crippen LogP contribution in [0.2, 0.25) is 0 Å². The Balaban J connectivity index is 2.61. The van der Waals surface area contributed by atoms with Crippen molar-refractivity contribution in [2.45, 2.75) is 13.5 Å². The third kappa shape index (κ3) is 5.10. The average molecular weight is 319 g/mol. The molecule has 0 aromatic heterocycles. The molecule has 0 saturated heterocycles. The van der Waals surface area contributed by atoms with Crippen molar-refractivity contribution in [3.63, 3.8) is 0 Å². The Kier molecular flexibility index (Phi) is 5.49. The van der Waals surface area contributed by atoms with Crippen molar-refractivity contribution in [1.82, 2.24) is 4.90 Å². The molecule has 2 N–H and O–H groups in total. The van der Waals surface area contributed by atoms with Gasteiger partial charge in [-0.3, -0.25) is 0 Å². The van der Waals surface area contributed by atoms with E-state index in [-0.39, 0.29) is 11.7 Å². The Morgan fingerprint density at radius 1 is 1.53 bits per heavy atom. The quantitative estimate of drug-likeness (QED) is 0.846. The van der Waals surface area contributed by atoms with Gasteiger partial charge in [0.25, 0.3) is 0 Å². The predicted molar refractivity (Wildman–Crippen MR) is 76.4 cm³/mol. The minimum absolute atomic E-state index is 0.159. The number of rotatable bonds is 5. The fourth-order valence-electron chi connectivity index (χ4n) is 1.64. The maximum absolute atomic E-state index is 13.2. The van der Waals surface area contributed by atoms with Crippen LogP contribution in [0.5, 0.6) is 0 Å². The normalized spacial score (nSPS) is 12.8. The topological polar surface area (TPSA) is 29.3 Å². The van der Waals surface area contributed by atoms with Crippen molar-refractivity contribution in [2.24, 2.45) is 11.7 Å². The van der Waals surface area contributed by atoms with E-state index in [4.69, 9.17) is 18.0 Å². The monoisotopic (exact) mass is 318 g/mol. The highest BCUT2D eigenvalue weighted by Crippen LogP contribution is 2.16. The number of halogens is 2. The number of hydrogen-bond donors (Lipinski definition) is 1. The van der Waals surface area contributed by atoms with Crippen LogP contribution in [0.25, 0.3) is 0 Å². The third-order valence-electron chi connectivity index (χ3n) is 2.45. The average Bonchev–Trinajstić information content (AvgIpc) is 2.14. The van der Waals surface area contributed by atoms with Crippen LogP contribution in [0, 0.1) is 11.7 Å². The summed E-state index contributed by atoms with van der Waals surface area (Å²) in [5.74, 6) is -0.0721. The predicted octanol–water partition coefficient (Wildman–Crippen LogP) is 2.94. The zero-order valence-electron chi connectivity index (χ0n) is 9.91. The van der Waals surface area contributed by atoms with Crippen molar-refractivity contribution < 1.29 is 4.39 Å². The van der Waals surface area contributed by atoms with E-state index in [1.165, 1.54) is 12.1 Å². The van der Waals surface area contributed by atoms with Gasteiger partial charge >= 0.3 is 0 Å². The Labute approximate surface area is 115 Å². The summed E-state index contributed by atoms with van der Waals surface area (Å²) in [6.45, 7) is 3.42. The van der Waals surface area contributed by atoms with Gasteiger partial charge in [-0.1, -0.05) is 35.1 Å². The van der Waals surface area contributed by atoms with Crippen LogP contribution in [0.3, 0.4) is 0 Å². The van der Waals surface area contributed by atoms with Crippen LogP contribution in [-0.2, 0) is 6.54 Å². The van der Waals surface area contributed by atoms with Gasteiger partial charge in [0, 0.05) is 23.5 Å². The van der Waals surface area contributed by atoms with Crippen LogP contribution < -0.4 is 5.73 Å². The van der Waals surface area contributed by atoms with E-state index in [2.05, 4.69) is 20.8 Å². The van der Waals surface area contributed by atoms with Gasteiger partial charge in [-0.15, -0.1) is 0 Å². The maximum atomic E-state index is 13.2. The summed E-state index contributed by atoms with van der Waals surface area (Å²) in [7, 11) is 1.97. The smallest absolute Gasteiger partial charge is 0.124 e. The van der Waals surface area contributed by atoms with Gasteiger partial charge in [0.1, 0.15) is 5.82 Å². The molecule has 0 aliphatic heterocycles. The number of benzene rings is 1. The Morgan fingerprint density at radius 3 is 2.71 bits per heavy atom. The molecular formula is C12H16BrFN2S. The van der Waals surface area contributed by atoms with Gasteiger partial charge in [-0.2, -0.15) is 0 Å². The van der Waals surface area contributed by atoms with Gasteiger partial charge in [-0.05, 0) is 30.8 Å². The summed E-state index contributed by atoms with van der Waals surface area (Å²) < 4.78 is 13.9. The van der Waals surface area contributed by atoms with E-state index in [0.717, 1.165) is 16.6 Å². The van der Waals surface area contributed by atoms with Crippen molar-refractivity contribution >= 4 is 33.1 Å². The molecule has 0 aliphatic rings. The van der Waals surface area contributed by atoms with E-state index in [9.17, 15) is 4.39 Å². The van der Waals surface area contributed by atoms with Crippen LogP contribution >= 0.6 is 28.1 Å². The van der Waals surface area contributed by atoms with Crippen LogP contribution in [0.4, 0.5) is 4.39 Å². The number of hydrogen-bond acceptors (Lipinski definition) is 2. The van der Waals surface area contributed by atoms with E-state index >= 15 is 0 Å². The van der Waals surface area contributed by atoms with Crippen LogP contribution in [0.15, 0.2) is 22.7 Å². The van der Waals surface area contributed by atoms with Gasteiger partial charge < -0.3 is 10.6 Å². The molecule has 0 aliphatic carbocycles. The lowest BCUT2D eigenvalue weighted by molar-refractivity contribution is 0.307. The lowest BCUT2D eigenvalue weighted by Crippen LogP contribution is -2.31. The molecule has 0 heterocycles. The number of thiocarbonyl (C=S) groups is 1. The fraction of sp³-hybridized carbons (Fsp3) is 0.417. The SMILES string of the molecule is CC(CN(C)Cc1cc(F)cc(Br)c1)C(N)=S. The second-order valence-electron chi connectivity index (χ2n) is 4.28. The molecule has 1 rings (SSSR count). The first-order chi connectivity index (χ1) is 7.88. The lowest BCUT2D eigenvalue weighted by Gasteiger charge is -2.20. The molecule has 1 aromatic carbocycles. The van der Waals surface area contributed by atoms with E-state index in [1.54, 1.807) is 0 Å². The second-order valence-corrected chi connectivity index (χ2v) is 5.66. The molecule has 0 bridgehead atoms. The molecule has 0 spiro atoms. The summed E-state index contributed by atoms with van der Waals surface area (Å²) in [5.41, 5.74) is 6.49. The maximum Gasteiger partial charge on any atom is 0.124 e. The molecule has 2 nitrogen and oxygen atoms in total. The van der Waals surface area contributed by atoms with Crippen molar-refractivity contribution in [3.05, 3.63) is 34.1 Å². The molecule has 1 atom stereocenters. The summed E-state index contributed by atoms with van der Waals surface area (Å²) in [6.07, 6.45) is 0. The lowest BCUT2D eigenvalue weighted by atomic mass is 10.1. The molecule has 5 heteroatoms. The highest BCUT2D eigenvalue weighted by atomic mass is 79.9. The second kappa shape index (κ2) is 6.42. The molecule has 0 amide bonds. The molecule has 0 saturated carbocycles. The van der Waals surface area contributed by atoms with Crippen LogP contribution in [0.1, 0.15) is 12.5 Å². The molecule has 1 aromatic rings. The Bertz CT molecular complexity index is 391. The van der Waals surface area contributed by atoms with Crippen molar-refractivity contribution in [1.29, 1.82) is 0 Å². The van der Waals surface area contributed by atoms with Gasteiger partial charge in [-0.25, -0.2) is 4.39 Å². The van der Waals surface area contributed by atoms with E-state index < -0.39 is 0 Å². The van der Waals surface area contributed by atoms with Gasteiger partial charge in [0.2, 0.25) is 0 Å². The first kappa shape index (κ1) is 14.5. The molecule has 0 fully saturated rings. The molecule has 17 heavy (non-hydrogen) atoms. The largest absolute Gasteiger partial charge is 0.393 e. The minimum Gasteiger partial charge on any atom is -0.393 e.